The summed E-state index contributed by atoms with van der Waals surface area (Å²) in [5.74, 6) is 0.798. The van der Waals surface area contributed by atoms with Crippen LogP contribution in [0.4, 0.5) is 5.82 Å². The van der Waals surface area contributed by atoms with Gasteiger partial charge in [0.05, 0.1) is 13.2 Å². The number of hydrogen-bond acceptors (Lipinski definition) is 4. The van der Waals surface area contributed by atoms with Crippen LogP contribution >= 0.6 is 0 Å². The van der Waals surface area contributed by atoms with E-state index in [4.69, 9.17) is 9.84 Å². The zero-order chi connectivity index (χ0) is 17.2. The number of fused-ring (bicyclic) bond motifs is 1. The molecule has 2 heterocycles. The molecule has 5 nitrogen and oxygen atoms in total. The van der Waals surface area contributed by atoms with Crippen LogP contribution in [0.1, 0.15) is 30.2 Å². The van der Waals surface area contributed by atoms with Crippen molar-refractivity contribution < 1.29 is 14.6 Å². The molecule has 0 spiro atoms. The van der Waals surface area contributed by atoms with Gasteiger partial charge in [0.15, 0.2) is 0 Å². The van der Waals surface area contributed by atoms with Crippen LogP contribution in [0, 0.1) is 0 Å². The highest BCUT2D eigenvalue weighted by atomic mass is 16.5. The summed E-state index contributed by atoms with van der Waals surface area (Å²) in [4.78, 5) is 15.9. The zero-order valence-corrected chi connectivity index (χ0v) is 14.0. The number of pyridine rings is 1. The summed E-state index contributed by atoms with van der Waals surface area (Å²) in [6.45, 7) is 3.20. The molecule has 1 aliphatic rings. The fraction of sp³-hybridized carbons (Fsp3) is 0.368. The van der Waals surface area contributed by atoms with E-state index in [1.54, 1.807) is 0 Å². The van der Waals surface area contributed by atoms with Crippen molar-refractivity contribution in [1.82, 2.24) is 4.98 Å². The quantitative estimate of drug-likeness (QED) is 0.828. The first kappa shape index (κ1) is 18.1. The Hall–Kier alpha value is -2.24. The Bertz CT molecular complexity index is 640. The number of aryl methyl sites for hydroxylation is 1. The summed E-state index contributed by atoms with van der Waals surface area (Å²) in [5, 5.41) is 10.9. The van der Waals surface area contributed by atoms with Crippen LogP contribution in [0.3, 0.4) is 0 Å². The van der Waals surface area contributed by atoms with Crippen LogP contribution in [-0.4, -0.2) is 35.8 Å². The molecule has 1 aromatic heterocycles. The number of carbonyl (C=O) groups excluding carboxylic acids is 1. The predicted octanol–water partition coefficient (Wildman–Crippen LogP) is 2.57. The van der Waals surface area contributed by atoms with Gasteiger partial charge in [0.2, 0.25) is 5.91 Å². The molecule has 1 amide bonds. The highest BCUT2D eigenvalue weighted by molar-refractivity contribution is 5.92. The number of aromatic nitrogens is 1. The second-order valence-electron chi connectivity index (χ2n) is 5.44. The summed E-state index contributed by atoms with van der Waals surface area (Å²) in [7, 11) is 0. The Kier molecular flexibility index (Phi) is 7.39. The van der Waals surface area contributed by atoms with Crippen molar-refractivity contribution in [2.75, 3.05) is 25.1 Å². The van der Waals surface area contributed by atoms with Gasteiger partial charge < -0.3 is 15.2 Å². The molecular weight excluding hydrogens is 304 g/mol. The average Bonchev–Trinajstić information content (AvgIpc) is 2.61. The maximum absolute atomic E-state index is 11.3. The summed E-state index contributed by atoms with van der Waals surface area (Å²) in [6.07, 6.45) is 2.15. The normalized spacial score (nSPS) is 12.7. The van der Waals surface area contributed by atoms with Crippen molar-refractivity contribution in [2.24, 2.45) is 0 Å². The molecule has 2 aromatic rings. The Morgan fingerprint density at radius 1 is 1.17 bits per heavy atom. The van der Waals surface area contributed by atoms with Gasteiger partial charge in [-0.2, -0.15) is 0 Å². The lowest BCUT2D eigenvalue weighted by Crippen LogP contribution is -2.20. The van der Waals surface area contributed by atoms with Gasteiger partial charge in [-0.15, -0.1) is 0 Å². The second kappa shape index (κ2) is 9.80. The first-order valence-electron chi connectivity index (χ1n) is 8.24. The van der Waals surface area contributed by atoms with Gasteiger partial charge in [-0.05, 0) is 30.5 Å². The van der Waals surface area contributed by atoms with Crippen molar-refractivity contribution in [1.29, 1.82) is 0 Å². The van der Waals surface area contributed by atoms with Gasteiger partial charge in [-0.1, -0.05) is 36.4 Å². The molecule has 128 valence electrons. The molecule has 2 N–H and O–H groups in total. The number of rotatable bonds is 5. The van der Waals surface area contributed by atoms with E-state index >= 15 is 0 Å². The van der Waals surface area contributed by atoms with Gasteiger partial charge in [-0.25, -0.2) is 4.98 Å². The van der Waals surface area contributed by atoms with Crippen LogP contribution in [-0.2, 0) is 22.4 Å². The van der Waals surface area contributed by atoms with Crippen LogP contribution < -0.4 is 5.32 Å². The molecule has 0 aliphatic carbocycles. The number of benzene rings is 1. The minimum Gasteiger partial charge on any atom is -0.394 e. The lowest BCUT2D eigenvalue weighted by atomic mass is 10.0. The molecule has 0 radical (unpaired) electrons. The predicted molar refractivity (Wildman–Crippen MR) is 94.0 cm³/mol. The number of amides is 1. The van der Waals surface area contributed by atoms with Crippen molar-refractivity contribution in [2.45, 2.75) is 26.2 Å². The molecule has 5 heteroatoms. The Morgan fingerprint density at radius 3 is 2.62 bits per heavy atom. The molecular formula is C19H24N2O3. The summed E-state index contributed by atoms with van der Waals surface area (Å²) >= 11 is 0. The molecule has 0 fully saturated rings. The monoisotopic (exact) mass is 328 g/mol. The number of aliphatic hydroxyl groups is 1. The molecule has 24 heavy (non-hydrogen) atoms. The van der Waals surface area contributed by atoms with Gasteiger partial charge >= 0.3 is 0 Å². The number of carbonyl (C=O) groups is 1. The van der Waals surface area contributed by atoms with E-state index in [0.29, 0.717) is 19.6 Å². The number of aliphatic hydroxyl groups excluding tert-OH is 1. The molecule has 1 aliphatic heterocycles. The minimum atomic E-state index is 0.0619. The minimum absolute atomic E-state index is 0.0619. The SMILES string of the molecule is CCOCCO.O=C1CCc2ccc(Cc3ccccc3)nc2N1. The molecule has 0 saturated heterocycles. The molecule has 0 bridgehead atoms. The number of nitrogens with zero attached hydrogens (tertiary/aromatic N) is 1. The third kappa shape index (κ3) is 5.76. The third-order valence-corrected chi connectivity index (χ3v) is 3.58. The number of ether oxygens (including phenoxy) is 1. The Labute approximate surface area is 142 Å². The summed E-state index contributed by atoms with van der Waals surface area (Å²) < 4.78 is 4.73. The smallest absolute Gasteiger partial charge is 0.225 e. The van der Waals surface area contributed by atoms with Crippen molar-refractivity contribution in [3.8, 4) is 0 Å². The summed E-state index contributed by atoms with van der Waals surface area (Å²) in [5.41, 5.74) is 3.35. The number of nitrogens with one attached hydrogen (secondary N) is 1. The van der Waals surface area contributed by atoms with E-state index < -0.39 is 0 Å². The van der Waals surface area contributed by atoms with E-state index in [2.05, 4.69) is 28.5 Å². The number of hydrogen-bond donors (Lipinski definition) is 2. The van der Waals surface area contributed by atoms with Crippen molar-refractivity contribution >= 4 is 11.7 Å². The molecule has 0 saturated carbocycles. The van der Waals surface area contributed by atoms with E-state index in [1.165, 1.54) is 5.56 Å². The third-order valence-electron chi connectivity index (χ3n) is 3.58. The van der Waals surface area contributed by atoms with Gasteiger partial charge in [0.1, 0.15) is 5.82 Å². The molecule has 0 atom stereocenters. The highest BCUT2D eigenvalue weighted by Gasteiger charge is 2.15. The van der Waals surface area contributed by atoms with Crippen LogP contribution in [0.5, 0.6) is 0 Å². The first-order valence-corrected chi connectivity index (χ1v) is 8.24. The highest BCUT2D eigenvalue weighted by Crippen LogP contribution is 2.21. The van der Waals surface area contributed by atoms with E-state index in [0.717, 1.165) is 29.9 Å². The van der Waals surface area contributed by atoms with E-state index in [1.807, 2.05) is 31.2 Å². The maximum atomic E-state index is 11.3. The van der Waals surface area contributed by atoms with Crippen molar-refractivity contribution in [3.63, 3.8) is 0 Å². The topological polar surface area (TPSA) is 71.5 Å². The fourth-order valence-electron chi connectivity index (χ4n) is 2.39. The lowest BCUT2D eigenvalue weighted by Gasteiger charge is -2.16. The zero-order valence-electron chi connectivity index (χ0n) is 14.0. The first-order chi connectivity index (χ1) is 11.7. The van der Waals surface area contributed by atoms with E-state index in [9.17, 15) is 4.79 Å². The van der Waals surface area contributed by atoms with Crippen LogP contribution in [0.15, 0.2) is 42.5 Å². The fourth-order valence-corrected chi connectivity index (χ4v) is 2.39. The number of anilines is 1. The van der Waals surface area contributed by atoms with Gasteiger partial charge in [0.25, 0.3) is 0 Å². The van der Waals surface area contributed by atoms with Gasteiger partial charge in [0, 0.05) is 25.1 Å². The molecule has 1 aromatic carbocycles. The van der Waals surface area contributed by atoms with Crippen LogP contribution in [0.25, 0.3) is 0 Å². The lowest BCUT2D eigenvalue weighted by molar-refractivity contribution is -0.116. The second-order valence-corrected chi connectivity index (χ2v) is 5.44. The Morgan fingerprint density at radius 2 is 1.96 bits per heavy atom. The average molecular weight is 328 g/mol. The van der Waals surface area contributed by atoms with Gasteiger partial charge in [-0.3, -0.25) is 4.79 Å². The largest absolute Gasteiger partial charge is 0.394 e. The maximum Gasteiger partial charge on any atom is 0.225 e. The molecule has 3 rings (SSSR count). The summed E-state index contributed by atoms with van der Waals surface area (Å²) in [6, 6.07) is 14.3. The van der Waals surface area contributed by atoms with Crippen LogP contribution in [0.2, 0.25) is 0 Å². The standard InChI is InChI=1S/C15H14N2O.C4H10O2/c18-14-9-7-12-6-8-13(16-15(12)17-14)10-11-4-2-1-3-5-11;1-2-6-4-3-5/h1-6,8H,7,9-10H2,(H,16,17,18);5H,2-4H2,1H3. The van der Waals surface area contributed by atoms with E-state index in [-0.39, 0.29) is 12.5 Å². The molecule has 0 unspecified atom stereocenters. The Balaban J connectivity index is 0.000000301. The van der Waals surface area contributed by atoms with Crippen molar-refractivity contribution in [3.05, 3.63) is 59.3 Å².